The van der Waals surface area contributed by atoms with Crippen LogP contribution in [0, 0.1) is 0 Å². The van der Waals surface area contributed by atoms with Crippen LogP contribution in [0.15, 0.2) is 66.2 Å². The average molecular weight is 409 g/mol. The van der Waals surface area contributed by atoms with E-state index in [1.165, 1.54) is 0 Å². The number of hydrogen-bond acceptors (Lipinski definition) is 4. The minimum Gasteiger partial charge on any atom is -0.489 e. The van der Waals surface area contributed by atoms with Crippen LogP contribution in [0.1, 0.15) is 12.0 Å². The van der Waals surface area contributed by atoms with Crippen molar-refractivity contribution in [1.82, 2.24) is 10.6 Å². The molecule has 158 valence electrons. The summed E-state index contributed by atoms with van der Waals surface area (Å²) in [5.74, 6) is 2.25. The molecule has 30 heavy (non-hydrogen) atoms. The van der Waals surface area contributed by atoms with Crippen LogP contribution >= 0.6 is 0 Å². The summed E-state index contributed by atoms with van der Waals surface area (Å²) < 4.78 is 11.2. The van der Waals surface area contributed by atoms with Crippen molar-refractivity contribution in [2.45, 2.75) is 13.0 Å². The Morgan fingerprint density at radius 2 is 2.03 bits per heavy atom. The van der Waals surface area contributed by atoms with Gasteiger partial charge in [-0.1, -0.05) is 43.0 Å². The maximum absolute atomic E-state index is 12.2. The van der Waals surface area contributed by atoms with E-state index in [1.807, 2.05) is 48.5 Å². The van der Waals surface area contributed by atoms with Crippen molar-refractivity contribution in [2.75, 3.05) is 38.3 Å². The molecular weight excluding hydrogens is 380 g/mol. The van der Waals surface area contributed by atoms with Crippen molar-refractivity contribution < 1.29 is 14.3 Å². The zero-order chi connectivity index (χ0) is 21.2. The summed E-state index contributed by atoms with van der Waals surface area (Å²) in [6.45, 7) is 6.11. The molecule has 0 radical (unpaired) electrons. The van der Waals surface area contributed by atoms with E-state index in [-0.39, 0.29) is 12.5 Å². The van der Waals surface area contributed by atoms with Gasteiger partial charge in [-0.15, -0.1) is 0 Å². The van der Waals surface area contributed by atoms with Gasteiger partial charge in [0.05, 0.1) is 5.69 Å². The van der Waals surface area contributed by atoms with Crippen LogP contribution in [0.25, 0.3) is 0 Å². The lowest BCUT2D eigenvalue weighted by Crippen LogP contribution is -2.42. The first-order valence-electron chi connectivity index (χ1n) is 10.0. The van der Waals surface area contributed by atoms with Gasteiger partial charge >= 0.3 is 0 Å². The van der Waals surface area contributed by atoms with Crippen LogP contribution in [0.2, 0.25) is 0 Å². The number of carbonyl (C=O) groups is 1. The molecule has 2 N–H and O–H groups in total. The van der Waals surface area contributed by atoms with Crippen LogP contribution in [-0.4, -0.2) is 45.2 Å². The number of nitrogens with zero attached hydrogens (tertiary/aromatic N) is 2. The first kappa shape index (κ1) is 21.2. The zero-order valence-electron chi connectivity index (χ0n) is 17.3. The number of benzene rings is 2. The average Bonchev–Trinajstić information content (AvgIpc) is 2.79. The maximum Gasteiger partial charge on any atom is 0.265 e. The molecule has 1 amide bonds. The van der Waals surface area contributed by atoms with Crippen molar-refractivity contribution in [3.05, 3.63) is 66.7 Å². The number of nitrogens with one attached hydrogen (secondary N) is 2. The number of anilines is 1. The second-order valence-electron chi connectivity index (χ2n) is 6.72. The molecule has 0 bridgehead atoms. The van der Waals surface area contributed by atoms with Gasteiger partial charge in [-0.2, -0.15) is 0 Å². The highest BCUT2D eigenvalue weighted by molar-refractivity contribution is 5.97. The Bertz CT molecular complexity index is 898. The SMILES string of the molecule is C=CCOc1ccccc1CNC(=NC)NCCCN1C(=O)COc2ccccc21. The van der Waals surface area contributed by atoms with Crippen molar-refractivity contribution in [1.29, 1.82) is 0 Å². The molecule has 0 spiro atoms. The molecule has 1 heterocycles. The molecule has 0 atom stereocenters. The highest BCUT2D eigenvalue weighted by Crippen LogP contribution is 2.31. The third-order valence-electron chi connectivity index (χ3n) is 4.66. The molecule has 0 saturated carbocycles. The third kappa shape index (κ3) is 5.53. The van der Waals surface area contributed by atoms with Crippen LogP contribution in [-0.2, 0) is 11.3 Å². The molecule has 7 nitrogen and oxygen atoms in total. The lowest BCUT2D eigenvalue weighted by atomic mass is 10.2. The summed E-state index contributed by atoms with van der Waals surface area (Å²) in [6.07, 6.45) is 2.50. The molecule has 0 aliphatic carbocycles. The standard InChI is InChI=1S/C23H28N4O3/c1-3-15-29-20-11-6-4-9-18(20)16-26-23(24-2)25-13-8-14-27-19-10-5-7-12-21(19)30-17-22(27)28/h3-7,9-12H,1,8,13-17H2,2H3,(H2,24,25,26). The van der Waals surface area contributed by atoms with Gasteiger partial charge in [0.15, 0.2) is 12.6 Å². The lowest BCUT2D eigenvalue weighted by Gasteiger charge is -2.29. The van der Waals surface area contributed by atoms with Gasteiger partial charge in [0.2, 0.25) is 0 Å². The van der Waals surface area contributed by atoms with Gasteiger partial charge in [0.25, 0.3) is 5.91 Å². The Hall–Kier alpha value is -3.48. The number of aliphatic imine (C=N–C) groups is 1. The van der Waals surface area contributed by atoms with Gasteiger partial charge in [0, 0.05) is 32.2 Å². The molecule has 2 aromatic rings. The summed E-state index contributed by atoms with van der Waals surface area (Å²) >= 11 is 0. The van der Waals surface area contributed by atoms with Gasteiger partial charge in [-0.3, -0.25) is 9.79 Å². The largest absolute Gasteiger partial charge is 0.489 e. The molecular formula is C23H28N4O3. The van der Waals surface area contributed by atoms with Crippen molar-refractivity contribution in [2.24, 2.45) is 4.99 Å². The molecule has 0 saturated heterocycles. The quantitative estimate of drug-likeness (QED) is 0.289. The first-order valence-corrected chi connectivity index (χ1v) is 10.0. The summed E-state index contributed by atoms with van der Waals surface area (Å²) in [5.41, 5.74) is 1.87. The number of carbonyl (C=O) groups excluding carboxylic acids is 1. The molecule has 1 aliphatic heterocycles. The minimum absolute atomic E-state index is 0.0210. The second kappa shape index (κ2) is 10.9. The van der Waals surface area contributed by atoms with Crippen LogP contribution in [0.4, 0.5) is 5.69 Å². The van der Waals surface area contributed by atoms with E-state index in [1.54, 1.807) is 18.0 Å². The van der Waals surface area contributed by atoms with Crippen molar-refractivity contribution in [3.63, 3.8) is 0 Å². The maximum atomic E-state index is 12.2. The van der Waals surface area contributed by atoms with Gasteiger partial charge in [-0.05, 0) is 24.6 Å². The fourth-order valence-corrected chi connectivity index (χ4v) is 3.18. The fourth-order valence-electron chi connectivity index (χ4n) is 3.18. The summed E-state index contributed by atoms with van der Waals surface area (Å²) in [5, 5.41) is 6.59. The van der Waals surface area contributed by atoms with Crippen molar-refractivity contribution in [3.8, 4) is 11.5 Å². The van der Waals surface area contributed by atoms with Gasteiger partial charge in [-0.25, -0.2) is 0 Å². The monoisotopic (exact) mass is 408 g/mol. The number of para-hydroxylation sites is 3. The van der Waals surface area contributed by atoms with E-state index in [0.717, 1.165) is 29.2 Å². The van der Waals surface area contributed by atoms with E-state index in [4.69, 9.17) is 9.47 Å². The number of hydrogen-bond donors (Lipinski definition) is 2. The number of amides is 1. The Kier molecular flexibility index (Phi) is 7.71. The van der Waals surface area contributed by atoms with Gasteiger partial charge < -0.3 is 25.0 Å². The Labute approximate surface area is 177 Å². The predicted molar refractivity (Wildman–Crippen MR) is 119 cm³/mol. The number of ether oxygens (including phenoxy) is 2. The van der Waals surface area contributed by atoms with E-state index in [9.17, 15) is 4.79 Å². The van der Waals surface area contributed by atoms with E-state index < -0.39 is 0 Å². The zero-order valence-corrected chi connectivity index (χ0v) is 17.3. The molecule has 0 fully saturated rings. The topological polar surface area (TPSA) is 75.2 Å². The normalized spacial score (nSPS) is 13.3. The highest BCUT2D eigenvalue weighted by Gasteiger charge is 2.24. The summed E-state index contributed by atoms with van der Waals surface area (Å²) in [4.78, 5) is 18.3. The first-order chi connectivity index (χ1) is 14.7. The Balaban J connectivity index is 1.47. The Morgan fingerprint density at radius 1 is 1.23 bits per heavy atom. The minimum atomic E-state index is -0.0210. The Morgan fingerprint density at radius 3 is 2.87 bits per heavy atom. The highest BCUT2D eigenvalue weighted by atomic mass is 16.5. The van der Waals surface area contributed by atoms with E-state index in [2.05, 4.69) is 22.2 Å². The molecule has 2 aromatic carbocycles. The third-order valence-corrected chi connectivity index (χ3v) is 4.66. The van der Waals surface area contributed by atoms with E-state index in [0.29, 0.717) is 32.2 Å². The smallest absolute Gasteiger partial charge is 0.265 e. The second-order valence-corrected chi connectivity index (χ2v) is 6.72. The van der Waals surface area contributed by atoms with Crippen LogP contribution in [0.5, 0.6) is 11.5 Å². The molecule has 3 rings (SSSR count). The summed E-state index contributed by atoms with van der Waals surface area (Å²) in [7, 11) is 1.73. The fraction of sp³-hybridized carbons (Fsp3) is 0.304. The summed E-state index contributed by atoms with van der Waals surface area (Å²) in [6, 6.07) is 15.5. The van der Waals surface area contributed by atoms with Crippen molar-refractivity contribution >= 4 is 17.6 Å². The number of guanidine groups is 1. The number of rotatable bonds is 9. The molecule has 0 unspecified atom stereocenters. The number of fused-ring (bicyclic) bond motifs is 1. The molecule has 1 aliphatic rings. The lowest BCUT2D eigenvalue weighted by molar-refractivity contribution is -0.121. The predicted octanol–water partition coefficient (Wildman–Crippen LogP) is 2.73. The van der Waals surface area contributed by atoms with Crippen LogP contribution in [0.3, 0.4) is 0 Å². The van der Waals surface area contributed by atoms with E-state index >= 15 is 0 Å². The molecule has 7 heteroatoms. The van der Waals surface area contributed by atoms with Gasteiger partial charge in [0.1, 0.15) is 18.1 Å². The molecule has 0 aromatic heterocycles. The van der Waals surface area contributed by atoms with Crippen LogP contribution < -0.4 is 25.0 Å².